The number of nitrogens with zero attached hydrogens (tertiary/aromatic N) is 7. The van der Waals surface area contributed by atoms with Crippen molar-refractivity contribution in [3.05, 3.63) is 55.1 Å². The maximum absolute atomic E-state index is 12.5. The van der Waals surface area contributed by atoms with Crippen molar-refractivity contribution >= 4 is 21.6 Å². The Kier molecular flexibility index (Phi) is 5.70. The first-order valence-corrected chi connectivity index (χ1v) is 11.2. The van der Waals surface area contributed by atoms with E-state index in [1.54, 1.807) is 41.6 Å². The van der Waals surface area contributed by atoms with E-state index in [-0.39, 0.29) is 23.0 Å². The number of benzene rings is 1. The largest absolute Gasteiger partial charge is 0.352 e. The molecule has 11 heteroatoms. The van der Waals surface area contributed by atoms with Crippen LogP contribution in [0.25, 0.3) is 5.82 Å². The zero-order valence-electron chi connectivity index (χ0n) is 16.2. The summed E-state index contributed by atoms with van der Waals surface area (Å²) in [6, 6.07) is 11.9. The summed E-state index contributed by atoms with van der Waals surface area (Å²) in [5.74, 6) is 0.953. The van der Waals surface area contributed by atoms with Crippen LogP contribution in [0.4, 0.5) is 5.82 Å². The van der Waals surface area contributed by atoms with Gasteiger partial charge in [-0.3, -0.25) is 4.79 Å². The summed E-state index contributed by atoms with van der Waals surface area (Å²) < 4.78 is 26.3. The van der Waals surface area contributed by atoms with Gasteiger partial charge in [-0.1, -0.05) is 18.2 Å². The monoisotopic (exact) mass is 427 g/mol. The van der Waals surface area contributed by atoms with E-state index in [1.165, 1.54) is 11.0 Å². The summed E-state index contributed by atoms with van der Waals surface area (Å²) in [6.45, 7) is 2.23. The van der Waals surface area contributed by atoms with Gasteiger partial charge < -0.3 is 9.80 Å². The summed E-state index contributed by atoms with van der Waals surface area (Å²) in [5.41, 5.74) is 0. The highest BCUT2D eigenvalue weighted by molar-refractivity contribution is 7.91. The summed E-state index contributed by atoms with van der Waals surface area (Å²) in [7, 11) is -3.46. The van der Waals surface area contributed by atoms with E-state index in [0.29, 0.717) is 32.0 Å². The molecule has 30 heavy (non-hydrogen) atoms. The van der Waals surface area contributed by atoms with Crippen LogP contribution in [0, 0.1) is 0 Å². The van der Waals surface area contributed by atoms with Crippen molar-refractivity contribution < 1.29 is 13.2 Å². The third-order valence-corrected chi connectivity index (χ3v) is 6.67. The molecule has 0 saturated carbocycles. The van der Waals surface area contributed by atoms with Crippen LogP contribution < -0.4 is 4.90 Å². The van der Waals surface area contributed by atoms with Gasteiger partial charge in [0.15, 0.2) is 21.5 Å². The molecule has 1 aromatic carbocycles. The molecule has 0 N–H and O–H groups in total. The van der Waals surface area contributed by atoms with Crippen LogP contribution in [0.1, 0.15) is 6.42 Å². The Labute approximate surface area is 174 Å². The molecule has 0 unspecified atom stereocenters. The Morgan fingerprint density at radius 1 is 0.933 bits per heavy atom. The van der Waals surface area contributed by atoms with Crippen LogP contribution in [-0.2, 0) is 14.6 Å². The van der Waals surface area contributed by atoms with Gasteiger partial charge in [0.1, 0.15) is 12.7 Å². The topological polar surface area (TPSA) is 114 Å². The van der Waals surface area contributed by atoms with Crippen molar-refractivity contribution in [1.82, 2.24) is 29.9 Å². The lowest BCUT2D eigenvalue weighted by molar-refractivity contribution is -0.131. The van der Waals surface area contributed by atoms with Crippen molar-refractivity contribution in [3.63, 3.8) is 0 Å². The van der Waals surface area contributed by atoms with Gasteiger partial charge >= 0.3 is 0 Å². The maximum Gasteiger partial charge on any atom is 0.223 e. The van der Waals surface area contributed by atoms with Gasteiger partial charge in [0.2, 0.25) is 5.91 Å². The molecule has 0 radical (unpaired) electrons. The molecular weight excluding hydrogens is 406 g/mol. The zero-order chi connectivity index (χ0) is 21.0. The number of carbonyl (C=O) groups excluding carboxylic acids is 1. The van der Waals surface area contributed by atoms with Gasteiger partial charge in [-0.05, 0) is 24.3 Å². The fourth-order valence-electron chi connectivity index (χ4n) is 3.25. The number of hydrogen-bond acceptors (Lipinski definition) is 8. The number of piperazine rings is 1. The molecule has 1 amide bonds. The molecule has 1 aliphatic rings. The smallest absolute Gasteiger partial charge is 0.223 e. The second kappa shape index (κ2) is 8.57. The Morgan fingerprint density at radius 2 is 1.63 bits per heavy atom. The van der Waals surface area contributed by atoms with E-state index in [0.717, 1.165) is 5.82 Å². The molecule has 3 heterocycles. The normalized spacial score (nSPS) is 14.7. The second-order valence-electron chi connectivity index (χ2n) is 6.84. The first-order valence-electron chi connectivity index (χ1n) is 9.52. The SMILES string of the molecule is O=C(CCS(=O)(=O)c1ccccc1)N1CCN(c2ccc(-n3cncn3)nn2)CC1. The van der Waals surface area contributed by atoms with Gasteiger partial charge in [0, 0.05) is 32.6 Å². The highest BCUT2D eigenvalue weighted by Crippen LogP contribution is 2.16. The quantitative estimate of drug-likeness (QED) is 0.561. The minimum atomic E-state index is -3.46. The molecule has 4 rings (SSSR count). The summed E-state index contributed by atoms with van der Waals surface area (Å²) in [5, 5.41) is 12.4. The highest BCUT2D eigenvalue weighted by Gasteiger charge is 2.24. The molecule has 1 saturated heterocycles. The predicted octanol–water partition coefficient (Wildman–Crippen LogP) is 0.570. The Morgan fingerprint density at radius 3 is 2.27 bits per heavy atom. The first kappa shape index (κ1) is 20.0. The number of rotatable bonds is 6. The second-order valence-corrected chi connectivity index (χ2v) is 8.95. The van der Waals surface area contributed by atoms with Crippen molar-refractivity contribution in [2.45, 2.75) is 11.3 Å². The van der Waals surface area contributed by atoms with E-state index < -0.39 is 9.84 Å². The van der Waals surface area contributed by atoms with Crippen LogP contribution in [0.2, 0.25) is 0 Å². The van der Waals surface area contributed by atoms with E-state index in [4.69, 9.17) is 0 Å². The summed E-state index contributed by atoms with van der Waals surface area (Å²) in [4.78, 5) is 20.4. The number of aromatic nitrogens is 5. The predicted molar refractivity (Wildman–Crippen MR) is 109 cm³/mol. The molecule has 156 valence electrons. The van der Waals surface area contributed by atoms with Gasteiger partial charge in [-0.15, -0.1) is 10.2 Å². The van der Waals surface area contributed by atoms with Crippen LogP contribution in [0.15, 0.2) is 60.0 Å². The Bertz CT molecular complexity index is 1080. The van der Waals surface area contributed by atoms with E-state index in [2.05, 4.69) is 20.3 Å². The first-order chi connectivity index (χ1) is 14.5. The zero-order valence-corrected chi connectivity index (χ0v) is 17.0. The molecule has 0 bridgehead atoms. The average molecular weight is 427 g/mol. The molecule has 0 atom stereocenters. The number of anilines is 1. The Balaban J connectivity index is 1.29. The highest BCUT2D eigenvalue weighted by atomic mass is 32.2. The molecular formula is C19H21N7O3S. The van der Waals surface area contributed by atoms with Gasteiger partial charge in [-0.25, -0.2) is 18.1 Å². The van der Waals surface area contributed by atoms with Crippen LogP contribution in [0.5, 0.6) is 0 Å². The lowest BCUT2D eigenvalue weighted by atomic mass is 10.3. The van der Waals surface area contributed by atoms with Crippen LogP contribution in [-0.4, -0.2) is 76.1 Å². The summed E-state index contributed by atoms with van der Waals surface area (Å²) >= 11 is 0. The molecule has 0 aliphatic carbocycles. The number of hydrogen-bond donors (Lipinski definition) is 0. The lowest BCUT2D eigenvalue weighted by Gasteiger charge is -2.35. The van der Waals surface area contributed by atoms with E-state index in [1.807, 2.05) is 17.0 Å². The van der Waals surface area contributed by atoms with Gasteiger partial charge in [-0.2, -0.15) is 5.10 Å². The van der Waals surface area contributed by atoms with Crippen molar-refractivity contribution in [1.29, 1.82) is 0 Å². The average Bonchev–Trinajstić information content (AvgIpc) is 3.33. The van der Waals surface area contributed by atoms with Crippen molar-refractivity contribution in [2.75, 3.05) is 36.8 Å². The molecule has 1 aliphatic heterocycles. The van der Waals surface area contributed by atoms with Gasteiger partial charge in [0.25, 0.3) is 0 Å². The molecule has 3 aromatic rings. The van der Waals surface area contributed by atoms with E-state index >= 15 is 0 Å². The van der Waals surface area contributed by atoms with E-state index in [9.17, 15) is 13.2 Å². The van der Waals surface area contributed by atoms with Crippen LogP contribution in [0.3, 0.4) is 0 Å². The molecule has 10 nitrogen and oxygen atoms in total. The minimum absolute atomic E-state index is 0.0242. The standard InChI is InChI=1S/C19H21N7O3S/c27-19(8-13-30(28,29)16-4-2-1-3-5-16)25-11-9-24(10-12-25)17-6-7-18(23-22-17)26-15-20-14-21-26/h1-7,14-15H,8-13H2. The number of amides is 1. The molecule has 2 aromatic heterocycles. The third kappa shape index (κ3) is 4.46. The molecule has 1 fully saturated rings. The van der Waals surface area contributed by atoms with Crippen molar-refractivity contribution in [2.24, 2.45) is 0 Å². The number of sulfone groups is 1. The molecule has 0 spiro atoms. The lowest BCUT2D eigenvalue weighted by Crippen LogP contribution is -2.49. The van der Waals surface area contributed by atoms with Crippen LogP contribution >= 0.6 is 0 Å². The third-order valence-electron chi connectivity index (χ3n) is 4.93. The minimum Gasteiger partial charge on any atom is -0.352 e. The van der Waals surface area contributed by atoms with Gasteiger partial charge in [0.05, 0.1) is 10.6 Å². The maximum atomic E-state index is 12.5. The summed E-state index contributed by atoms with van der Waals surface area (Å²) in [6.07, 6.45) is 2.95. The number of carbonyl (C=O) groups is 1. The fourth-order valence-corrected chi connectivity index (χ4v) is 4.50. The van der Waals surface area contributed by atoms with Crippen molar-refractivity contribution in [3.8, 4) is 5.82 Å². The Hall–Kier alpha value is -3.34. The fraction of sp³-hybridized carbons (Fsp3) is 0.316.